The fraction of sp³-hybridized carbons (Fsp3) is 1.00. The first-order chi connectivity index (χ1) is 12.0. The smallest absolute Gasteiger partial charge is 0.0616 e. The van der Waals surface area contributed by atoms with E-state index in [1.54, 1.807) is 0 Å². The molecule has 5 N–H and O–H groups in total. The van der Waals surface area contributed by atoms with E-state index in [4.69, 9.17) is 0 Å². The number of hydrogen-bond acceptors (Lipinski definition) is 5. The van der Waals surface area contributed by atoms with Crippen molar-refractivity contribution in [2.75, 3.05) is 0 Å². The highest BCUT2D eigenvalue weighted by molar-refractivity contribution is 4.79. The van der Waals surface area contributed by atoms with Gasteiger partial charge in [0.25, 0.3) is 0 Å². The van der Waals surface area contributed by atoms with Gasteiger partial charge in [-0.2, -0.15) is 0 Å². The molecule has 0 saturated carbocycles. The molecule has 5 heteroatoms. The molecule has 0 aliphatic carbocycles. The first-order valence-electron chi connectivity index (χ1n) is 10.4. The standard InChI is InChI=1S/C21H44O5/c1-7-19(24)14(4)8-10-17(22)12-18(23)11-9-15(5)21(26)16(6)20(25)13(2)3/h13-26H,7-12H2,1-6H3. The minimum Gasteiger partial charge on any atom is -0.393 e. The molecule has 0 aromatic carbocycles. The van der Waals surface area contributed by atoms with Crippen LogP contribution >= 0.6 is 0 Å². The van der Waals surface area contributed by atoms with Crippen LogP contribution in [0.4, 0.5) is 0 Å². The predicted molar refractivity (Wildman–Crippen MR) is 106 cm³/mol. The van der Waals surface area contributed by atoms with Gasteiger partial charge in [0.15, 0.2) is 0 Å². The lowest BCUT2D eigenvalue weighted by molar-refractivity contribution is -0.0296. The Balaban J connectivity index is 4.18. The summed E-state index contributed by atoms with van der Waals surface area (Å²) in [6.07, 6.45) is 0.856. The largest absolute Gasteiger partial charge is 0.393 e. The second-order valence-corrected chi connectivity index (χ2v) is 8.71. The van der Waals surface area contributed by atoms with E-state index in [-0.39, 0.29) is 29.8 Å². The molecule has 26 heavy (non-hydrogen) atoms. The lowest BCUT2D eigenvalue weighted by atomic mass is 9.82. The van der Waals surface area contributed by atoms with E-state index >= 15 is 0 Å². The zero-order chi connectivity index (χ0) is 20.4. The van der Waals surface area contributed by atoms with Crippen molar-refractivity contribution in [3.63, 3.8) is 0 Å². The van der Waals surface area contributed by atoms with Gasteiger partial charge in [-0.05, 0) is 56.3 Å². The highest BCUT2D eigenvalue weighted by Gasteiger charge is 2.29. The Kier molecular flexibility index (Phi) is 13.0. The normalized spacial score (nSPS) is 21.7. The molecule has 8 unspecified atom stereocenters. The molecule has 5 nitrogen and oxygen atoms in total. The third-order valence-corrected chi connectivity index (χ3v) is 5.87. The van der Waals surface area contributed by atoms with E-state index in [2.05, 4.69) is 0 Å². The summed E-state index contributed by atoms with van der Waals surface area (Å²) in [6, 6.07) is 0. The van der Waals surface area contributed by atoms with E-state index in [9.17, 15) is 25.5 Å². The van der Waals surface area contributed by atoms with Gasteiger partial charge < -0.3 is 25.5 Å². The summed E-state index contributed by atoms with van der Waals surface area (Å²) in [5.41, 5.74) is 0. The summed E-state index contributed by atoms with van der Waals surface area (Å²) < 4.78 is 0. The van der Waals surface area contributed by atoms with E-state index in [1.807, 2.05) is 41.5 Å². The quantitative estimate of drug-likeness (QED) is 0.321. The molecule has 158 valence electrons. The van der Waals surface area contributed by atoms with Gasteiger partial charge in [0.1, 0.15) is 0 Å². The van der Waals surface area contributed by atoms with Gasteiger partial charge in [-0.3, -0.25) is 0 Å². The molecule has 0 aromatic rings. The van der Waals surface area contributed by atoms with Gasteiger partial charge in [-0.25, -0.2) is 0 Å². The van der Waals surface area contributed by atoms with Gasteiger partial charge in [0, 0.05) is 5.92 Å². The first kappa shape index (κ1) is 25.8. The zero-order valence-electron chi connectivity index (χ0n) is 17.7. The van der Waals surface area contributed by atoms with Crippen LogP contribution in [0.1, 0.15) is 80.1 Å². The Bertz CT molecular complexity index is 349. The van der Waals surface area contributed by atoms with Crippen LogP contribution in [0.3, 0.4) is 0 Å². The number of rotatable bonds is 14. The van der Waals surface area contributed by atoms with Crippen LogP contribution in [0.5, 0.6) is 0 Å². The average molecular weight is 377 g/mol. The van der Waals surface area contributed by atoms with Crippen LogP contribution in [0.15, 0.2) is 0 Å². The monoisotopic (exact) mass is 376 g/mol. The summed E-state index contributed by atoms with van der Waals surface area (Å²) in [6.45, 7) is 11.6. The van der Waals surface area contributed by atoms with Crippen molar-refractivity contribution >= 4 is 0 Å². The molecular weight excluding hydrogens is 332 g/mol. The third kappa shape index (κ3) is 9.65. The average Bonchev–Trinajstić information content (AvgIpc) is 2.61. The second kappa shape index (κ2) is 13.1. The van der Waals surface area contributed by atoms with Crippen molar-refractivity contribution < 1.29 is 25.5 Å². The highest BCUT2D eigenvalue weighted by atomic mass is 16.3. The Morgan fingerprint density at radius 3 is 1.50 bits per heavy atom. The van der Waals surface area contributed by atoms with Crippen molar-refractivity contribution in [2.45, 2.75) is 111 Å². The molecule has 0 aromatic heterocycles. The van der Waals surface area contributed by atoms with Crippen LogP contribution in [0.2, 0.25) is 0 Å². The molecule has 0 rings (SSSR count). The fourth-order valence-corrected chi connectivity index (χ4v) is 3.55. The highest BCUT2D eigenvalue weighted by Crippen LogP contribution is 2.25. The van der Waals surface area contributed by atoms with Crippen LogP contribution < -0.4 is 0 Å². The molecule has 0 fully saturated rings. The maximum absolute atomic E-state index is 10.4. The van der Waals surface area contributed by atoms with Gasteiger partial charge >= 0.3 is 0 Å². The Hall–Kier alpha value is -0.200. The fourth-order valence-electron chi connectivity index (χ4n) is 3.55. The Morgan fingerprint density at radius 1 is 0.615 bits per heavy atom. The summed E-state index contributed by atoms with van der Waals surface area (Å²) in [7, 11) is 0. The molecule has 0 aliphatic rings. The van der Waals surface area contributed by atoms with Gasteiger partial charge in [-0.15, -0.1) is 0 Å². The van der Waals surface area contributed by atoms with E-state index < -0.39 is 24.4 Å². The molecule has 8 atom stereocenters. The van der Waals surface area contributed by atoms with Crippen molar-refractivity contribution in [3.8, 4) is 0 Å². The molecule has 0 saturated heterocycles. The number of hydrogen-bond donors (Lipinski definition) is 5. The Labute approximate surface area is 160 Å². The molecule has 0 heterocycles. The number of aliphatic hydroxyl groups is 5. The van der Waals surface area contributed by atoms with Crippen molar-refractivity contribution in [3.05, 3.63) is 0 Å². The first-order valence-corrected chi connectivity index (χ1v) is 10.4. The van der Waals surface area contributed by atoms with Gasteiger partial charge in [0.2, 0.25) is 0 Å². The maximum Gasteiger partial charge on any atom is 0.0616 e. The van der Waals surface area contributed by atoms with Gasteiger partial charge in [0.05, 0.1) is 30.5 Å². The van der Waals surface area contributed by atoms with Crippen LogP contribution in [-0.4, -0.2) is 56.1 Å². The van der Waals surface area contributed by atoms with Gasteiger partial charge in [-0.1, -0.05) is 41.5 Å². The Morgan fingerprint density at radius 2 is 1.08 bits per heavy atom. The maximum atomic E-state index is 10.4. The molecule has 0 bridgehead atoms. The molecule has 0 radical (unpaired) electrons. The molecule has 0 amide bonds. The summed E-state index contributed by atoms with van der Waals surface area (Å²) in [5.74, 6) is 0.0150. The summed E-state index contributed by atoms with van der Waals surface area (Å²) in [5, 5.41) is 50.5. The second-order valence-electron chi connectivity index (χ2n) is 8.71. The van der Waals surface area contributed by atoms with E-state index in [0.717, 1.165) is 6.42 Å². The third-order valence-electron chi connectivity index (χ3n) is 5.87. The van der Waals surface area contributed by atoms with E-state index in [0.29, 0.717) is 32.1 Å². The summed E-state index contributed by atoms with van der Waals surface area (Å²) >= 11 is 0. The van der Waals surface area contributed by atoms with Crippen molar-refractivity contribution in [1.29, 1.82) is 0 Å². The molecule has 0 aliphatic heterocycles. The SMILES string of the molecule is CCC(O)C(C)CCC(O)CC(O)CCC(C)C(O)C(C)C(O)C(C)C. The minimum absolute atomic E-state index is 0.0232. The van der Waals surface area contributed by atoms with E-state index in [1.165, 1.54) is 0 Å². The summed E-state index contributed by atoms with van der Waals surface area (Å²) in [4.78, 5) is 0. The lowest BCUT2D eigenvalue weighted by Gasteiger charge is -2.31. The lowest BCUT2D eigenvalue weighted by Crippen LogP contribution is -2.37. The topological polar surface area (TPSA) is 101 Å². The van der Waals surface area contributed by atoms with Crippen LogP contribution in [-0.2, 0) is 0 Å². The predicted octanol–water partition coefficient (Wildman–Crippen LogP) is 2.72. The van der Waals surface area contributed by atoms with Crippen LogP contribution in [0.25, 0.3) is 0 Å². The minimum atomic E-state index is -0.610. The van der Waals surface area contributed by atoms with Crippen molar-refractivity contribution in [2.24, 2.45) is 23.7 Å². The van der Waals surface area contributed by atoms with Crippen molar-refractivity contribution in [1.82, 2.24) is 0 Å². The van der Waals surface area contributed by atoms with Crippen LogP contribution in [0, 0.1) is 23.7 Å². The molecular formula is C21H44O5. The number of aliphatic hydroxyl groups excluding tert-OH is 5. The zero-order valence-corrected chi connectivity index (χ0v) is 17.7. The molecule has 0 spiro atoms.